The fraction of sp³-hybridized carbons (Fsp3) is 0.500. The summed E-state index contributed by atoms with van der Waals surface area (Å²) >= 11 is 0. The lowest BCUT2D eigenvalue weighted by Crippen LogP contribution is -2.30. The van der Waals surface area contributed by atoms with Crippen LogP contribution >= 0.6 is 0 Å². The Morgan fingerprint density at radius 2 is 2.33 bits per heavy atom. The molecule has 0 radical (unpaired) electrons. The monoisotopic (exact) mass is 248 g/mol. The van der Waals surface area contributed by atoms with Crippen LogP contribution in [-0.4, -0.2) is 19.1 Å². The average molecular weight is 248 g/mol. The Kier molecular flexibility index (Phi) is 4.20. The first-order valence-electron chi connectivity index (χ1n) is 6.51. The van der Waals surface area contributed by atoms with E-state index >= 15 is 0 Å². The van der Waals surface area contributed by atoms with Crippen molar-refractivity contribution in [3.05, 3.63) is 23.8 Å². The zero-order chi connectivity index (χ0) is 13.0. The Hall–Kier alpha value is -1.55. The minimum Gasteiger partial charge on any atom is -0.494 e. The summed E-state index contributed by atoms with van der Waals surface area (Å²) in [5, 5.41) is 2.95. The number of hydrogen-bond donors (Lipinski definition) is 2. The molecule has 0 spiro atoms. The molecular weight excluding hydrogens is 228 g/mol. The SMILES string of the molecule is CCOc1ccc2c(c1)CC(CCCN)C(=O)N2. The average Bonchev–Trinajstić information content (AvgIpc) is 2.37. The second kappa shape index (κ2) is 5.87. The number of nitrogens with two attached hydrogens (primary N) is 1. The van der Waals surface area contributed by atoms with Gasteiger partial charge in [-0.25, -0.2) is 0 Å². The van der Waals surface area contributed by atoms with Crippen LogP contribution in [-0.2, 0) is 11.2 Å². The number of ether oxygens (including phenoxy) is 1. The van der Waals surface area contributed by atoms with E-state index in [9.17, 15) is 4.79 Å². The van der Waals surface area contributed by atoms with Crippen LogP contribution < -0.4 is 15.8 Å². The van der Waals surface area contributed by atoms with Gasteiger partial charge in [-0.05, 0) is 56.5 Å². The lowest BCUT2D eigenvalue weighted by atomic mass is 9.89. The van der Waals surface area contributed by atoms with Crippen molar-refractivity contribution >= 4 is 11.6 Å². The minimum absolute atomic E-state index is 0.0397. The summed E-state index contributed by atoms with van der Waals surface area (Å²) in [6.45, 7) is 3.25. The van der Waals surface area contributed by atoms with Crippen LogP contribution in [0, 0.1) is 5.92 Å². The van der Waals surface area contributed by atoms with Gasteiger partial charge in [0.1, 0.15) is 5.75 Å². The molecule has 1 aromatic rings. The van der Waals surface area contributed by atoms with Crippen LogP contribution in [0.3, 0.4) is 0 Å². The largest absolute Gasteiger partial charge is 0.494 e. The van der Waals surface area contributed by atoms with Crippen LogP contribution in [0.5, 0.6) is 5.75 Å². The number of fused-ring (bicyclic) bond motifs is 1. The van der Waals surface area contributed by atoms with Crippen molar-refractivity contribution in [2.75, 3.05) is 18.5 Å². The van der Waals surface area contributed by atoms with E-state index in [1.54, 1.807) is 0 Å². The van der Waals surface area contributed by atoms with Gasteiger partial charge in [0.15, 0.2) is 0 Å². The van der Waals surface area contributed by atoms with Gasteiger partial charge in [0, 0.05) is 11.6 Å². The molecule has 1 aromatic carbocycles. The molecular formula is C14H20N2O2. The third-order valence-electron chi connectivity index (χ3n) is 3.24. The van der Waals surface area contributed by atoms with Gasteiger partial charge in [-0.15, -0.1) is 0 Å². The molecule has 1 heterocycles. The third-order valence-corrected chi connectivity index (χ3v) is 3.24. The highest BCUT2D eigenvalue weighted by Gasteiger charge is 2.25. The Morgan fingerprint density at radius 1 is 1.50 bits per heavy atom. The van der Waals surface area contributed by atoms with Crippen molar-refractivity contribution in [3.63, 3.8) is 0 Å². The molecule has 4 nitrogen and oxygen atoms in total. The fourth-order valence-corrected chi connectivity index (χ4v) is 2.31. The molecule has 0 saturated heterocycles. The Bertz CT molecular complexity index is 432. The summed E-state index contributed by atoms with van der Waals surface area (Å²) < 4.78 is 5.48. The fourth-order valence-electron chi connectivity index (χ4n) is 2.31. The van der Waals surface area contributed by atoms with E-state index in [4.69, 9.17) is 10.5 Å². The van der Waals surface area contributed by atoms with Crippen molar-refractivity contribution in [1.82, 2.24) is 0 Å². The van der Waals surface area contributed by atoms with Gasteiger partial charge in [-0.1, -0.05) is 0 Å². The molecule has 1 unspecified atom stereocenters. The zero-order valence-electron chi connectivity index (χ0n) is 10.7. The van der Waals surface area contributed by atoms with E-state index in [1.807, 2.05) is 25.1 Å². The predicted octanol–water partition coefficient (Wildman–Crippen LogP) is 1.93. The normalized spacial score (nSPS) is 18.1. The molecule has 1 atom stereocenters. The number of carbonyl (C=O) groups is 1. The molecule has 0 aromatic heterocycles. The van der Waals surface area contributed by atoms with Gasteiger partial charge in [-0.3, -0.25) is 4.79 Å². The minimum atomic E-state index is 0.0397. The summed E-state index contributed by atoms with van der Waals surface area (Å²) in [7, 11) is 0. The van der Waals surface area contributed by atoms with Crippen LogP contribution in [0.1, 0.15) is 25.3 Å². The first-order chi connectivity index (χ1) is 8.74. The molecule has 4 heteroatoms. The molecule has 98 valence electrons. The quantitative estimate of drug-likeness (QED) is 0.837. The number of hydrogen-bond acceptors (Lipinski definition) is 3. The number of carbonyl (C=O) groups excluding carboxylic acids is 1. The van der Waals surface area contributed by atoms with Crippen LogP contribution in [0.4, 0.5) is 5.69 Å². The van der Waals surface area contributed by atoms with Crippen LogP contribution in [0.2, 0.25) is 0 Å². The Balaban J connectivity index is 2.13. The van der Waals surface area contributed by atoms with Gasteiger partial charge in [0.05, 0.1) is 6.61 Å². The van der Waals surface area contributed by atoms with E-state index in [0.717, 1.165) is 36.3 Å². The van der Waals surface area contributed by atoms with Crippen molar-refractivity contribution in [1.29, 1.82) is 0 Å². The summed E-state index contributed by atoms with van der Waals surface area (Å²) in [6, 6.07) is 5.83. The first kappa shape index (κ1) is 12.9. The molecule has 2 rings (SSSR count). The molecule has 0 fully saturated rings. The van der Waals surface area contributed by atoms with Gasteiger partial charge in [0.2, 0.25) is 5.91 Å². The van der Waals surface area contributed by atoms with E-state index < -0.39 is 0 Å². The van der Waals surface area contributed by atoms with Crippen LogP contribution in [0.15, 0.2) is 18.2 Å². The third kappa shape index (κ3) is 2.82. The molecule has 1 amide bonds. The summed E-state index contributed by atoms with van der Waals surface area (Å²) in [6.07, 6.45) is 2.52. The molecule has 18 heavy (non-hydrogen) atoms. The maximum absolute atomic E-state index is 11.9. The van der Waals surface area contributed by atoms with E-state index in [2.05, 4.69) is 5.32 Å². The predicted molar refractivity (Wildman–Crippen MR) is 71.7 cm³/mol. The number of rotatable bonds is 5. The van der Waals surface area contributed by atoms with Crippen molar-refractivity contribution in [3.8, 4) is 5.75 Å². The second-order valence-corrected chi connectivity index (χ2v) is 4.57. The van der Waals surface area contributed by atoms with Crippen molar-refractivity contribution in [2.45, 2.75) is 26.2 Å². The number of benzene rings is 1. The first-order valence-corrected chi connectivity index (χ1v) is 6.51. The molecule has 0 bridgehead atoms. The van der Waals surface area contributed by atoms with E-state index in [0.29, 0.717) is 13.2 Å². The van der Waals surface area contributed by atoms with Crippen LogP contribution in [0.25, 0.3) is 0 Å². The number of amides is 1. The lowest BCUT2D eigenvalue weighted by molar-refractivity contribution is -0.120. The molecule has 0 saturated carbocycles. The van der Waals surface area contributed by atoms with E-state index in [1.165, 1.54) is 0 Å². The number of nitrogens with one attached hydrogen (secondary N) is 1. The highest BCUT2D eigenvalue weighted by atomic mass is 16.5. The van der Waals surface area contributed by atoms with Gasteiger partial charge in [-0.2, -0.15) is 0 Å². The molecule has 3 N–H and O–H groups in total. The summed E-state index contributed by atoms with van der Waals surface area (Å²) in [5.74, 6) is 1.02. The maximum Gasteiger partial charge on any atom is 0.227 e. The molecule has 0 aliphatic carbocycles. The number of anilines is 1. The van der Waals surface area contributed by atoms with Crippen molar-refractivity contribution < 1.29 is 9.53 Å². The standard InChI is InChI=1S/C14H20N2O2/c1-2-18-12-5-6-13-11(9-12)8-10(4-3-7-15)14(17)16-13/h5-6,9-10H,2-4,7-8,15H2,1H3,(H,16,17). The maximum atomic E-state index is 11.9. The Labute approximate surface area is 108 Å². The van der Waals surface area contributed by atoms with E-state index in [-0.39, 0.29) is 11.8 Å². The second-order valence-electron chi connectivity index (χ2n) is 4.57. The van der Waals surface area contributed by atoms with Gasteiger partial charge < -0.3 is 15.8 Å². The Morgan fingerprint density at radius 3 is 3.06 bits per heavy atom. The highest BCUT2D eigenvalue weighted by Crippen LogP contribution is 2.30. The zero-order valence-corrected chi connectivity index (χ0v) is 10.7. The van der Waals surface area contributed by atoms with Crippen molar-refractivity contribution in [2.24, 2.45) is 11.7 Å². The highest BCUT2D eigenvalue weighted by molar-refractivity contribution is 5.95. The summed E-state index contributed by atoms with van der Waals surface area (Å²) in [4.78, 5) is 11.9. The lowest BCUT2D eigenvalue weighted by Gasteiger charge is -2.25. The van der Waals surface area contributed by atoms with Gasteiger partial charge in [0.25, 0.3) is 0 Å². The smallest absolute Gasteiger partial charge is 0.227 e. The van der Waals surface area contributed by atoms with Gasteiger partial charge >= 0.3 is 0 Å². The topological polar surface area (TPSA) is 64.3 Å². The molecule has 1 aliphatic heterocycles. The summed E-state index contributed by atoms with van der Waals surface area (Å²) in [5.41, 5.74) is 7.56. The molecule has 1 aliphatic rings.